The van der Waals surface area contributed by atoms with Crippen LogP contribution in [0.5, 0.6) is 0 Å². The predicted octanol–water partition coefficient (Wildman–Crippen LogP) is 5.32. The van der Waals surface area contributed by atoms with Crippen molar-refractivity contribution in [3.63, 3.8) is 0 Å². The fourth-order valence-corrected chi connectivity index (χ4v) is 2.67. The maximum atomic E-state index is 10.4. The largest absolute Gasteiger partial charge is 2.00 e. The van der Waals surface area contributed by atoms with E-state index in [0.29, 0.717) is 0 Å². The molecule has 0 fully saturated rings. The molecule has 0 saturated heterocycles. The van der Waals surface area contributed by atoms with Gasteiger partial charge < -0.3 is 2.85 Å². The summed E-state index contributed by atoms with van der Waals surface area (Å²) in [5, 5.41) is 0.880. The Bertz CT molecular complexity index is 336. The number of hydrogen-bond acceptors (Lipinski definition) is 2. The van der Waals surface area contributed by atoms with Crippen molar-refractivity contribution in [1.82, 2.24) is 0 Å². The standard InChI is InChI=1S/C16H32O3S.Ca.2H/c1-2-3-4-5-6-7-8-9-10-11-12-13-14-15-16-20(17,18)19;;;/h15-16H,2-14H2,1H3,(H,17,18,19);;;/q;+2;2*-1. The first-order chi connectivity index (χ1) is 9.56. The van der Waals surface area contributed by atoms with Gasteiger partial charge in [-0.2, -0.15) is 8.42 Å². The van der Waals surface area contributed by atoms with Gasteiger partial charge in [-0.3, -0.25) is 4.55 Å². The Kier molecular flexibility index (Phi) is 19.9. The molecule has 0 aliphatic rings. The molecule has 1 N–H and O–H groups in total. The van der Waals surface area contributed by atoms with E-state index in [4.69, 9.17) is 4.55 Å². The minimum Gasteiger partial charge on any atom is -1.00 e. The zero-order valence-corrected chi connectivity index (χ0v) is 16.8. The van der Waals surface area contributed by atoms with E-state index < -0.39 is 10.1 Å². The molecule has 0 atom stereocenters. The minimum absolute atomic E-state index is 0. The Morgan fingerprint density at radius 2 is 1.19 bits per heavy atom. The Morgan fingerprint density at radius 1 is 0.810 bits per heavy atom. The SMILES string of the molecule is CCCCCCCCCCCCCCC=CS(=O)(=O)O.[Ca+2].[H-].[H-]. The van der Waals surface area contributed by atoms with Crippen LogP contribution >= 0.6 is 0 Å². The van der Waals surface area contributed by atoms with Crippen LogP contribution in [0.2, 0.25) is 0 Å². The van der Waals surface area contributed by atoms with Crippen molar-refractivity contribution >= 4 is 47.9 Å². The zero-order valence-electron chi connectivity index (χ0n) is 15.7. The first-order valence-corrected chi connectivity index (χ1v) is 9.70. The van der Waals surface area contributed by atoms with Crippen LogP contribution in [0.1, 0.15) is 93.2 Å². The quantitative estimate of drug-likeness (QED) is 0.263. The molecule has 0 aromatic carbocycles. The molecule has 0 spiro atoms. The van der Waals surface area contributed by atoms with E-state index in [1.54, 1.807) is 0 Å². The summed E-state index contributed by atoms with van der Waals surface area (Å²) in [6, 6.07) is 0. The predicted molar refractivity (Wildman–Crippen MR) is 94.4 cm³/mol. The second-order valence-electron chi connectivity index (χ2n) is 5.56. The Morgan fingerprint density at radius 3 is 1.57 bits per heavy atom. The van der Waals surface area contributed by atoms with Gasteiger partial charge in [0, 0.05) is 0 Å². The molecule has 0 saturated carbocycles. The average molecular weight is 347 g/mol. The van der Waals surface area contributed by atoms with E-state index in [2.05, 4.69) is 6.92 Å². The van der Waals surface area contributed by atoms with Gasteiger partial charge in [-0.25, -0.2) is 0 Å². The topological polar surface area (TPSA) is 54.4 Å². The maximum absolute atomic E-state index is 10.4. The molecule has 124 valence electrons. The van der Waals surface area contributed by atoms with Gasteiger partial charge in [-0.1, -0.05) is 83.6 Å². The van der Waals surface area contributed by atoms with Gasteiger partial charge in [0.2, 0.25) is 0 Å². The van der Waals surface area contributed by atoms with Gasteiger partial charge in [-0.15, -0.1) is 0 Å². The van der Waals surface area contributed by atoms with Crippen LogP contribution in [0.4, 0.5) is 0 Å². The van der Waals surface area contributed by atoms with Gasteiger partial charge in [0.25, 0.3) is 10.1 Å². The normalized spacial score (nSPS) is 11.7. The smallest absolute Gasteiger partial charge is 1.00 e. The van der Waals surface area contributed by atoms with E-state index in [1.807, 2.05) is 0 Å². The molecule has 5 heteroatoms. The summed E-state index contributed by atoms with van der Waals surface area (Å²) in [7, 11) is -3.92. The molecule has 21 heavy (non-hydrogen) atoms. The molecule has 0 aliphatic heterocycles. The second kappa shape index (κ2) is 17.3. The van der Waals surface area contributed by atoms with Crippen molar-refractivity contribution < 1.29 is 15.8 Å². The fraction of sp³-hybridized carbons (Fsp3) is 0.875. The van der Waals surface area contributed by atoms with Crippen LogP contribution in [0.15, 0.2) is 11.5 Å². The molecule has 0 aromatic rings. The zero-order chi connectivity index (χ0) is 15.1. The first-order valence-electron chi connectivity index (χ1n) is 8.20. The molecule has 0 radical (unpaired) electrons. The molecule has 0 heterocycles. The average Bonchev–Trinajstić information content (AvgIpc) is 2.38. The van der Waals surface area contributed by atoms with Crippen molar-refractivity contribution in [1.29, 1.82) is 0 Å². The van der Waals surface area contributed by atoms with Gasteiger partial charge >= 0.3 is 37.7 Å². The van der Waals surface area contributed by atoms with Crippen molar-refractivity contribution in [2.24, 2.45) is 0 Å². The van der Waals surface area contributed by atoms with Crippen molar-refractivity contribution in [2.45, 2.75) is 90.4 Å². The van der Waals surface area contributed by atoms with Gasteiger partial charge in [0.05, 0.1) is 5.41 Å². The van der Waals surface area contributed by atoms with Crippen LogP contribution in [0.3, 0.4) is 0 Å². The molecule has 0 aromatic heterocycles. The summed E-state index contributed by atoms with van der Waals surface area (Å²) >= 11 is 0. The molecular weight excluding hydrogens is 312 g/mol. The minimum atomic E-state index is -3.92. The second-order valence-corrected chi connectivity index (χ2v) is 6.87. The number of hydrogen-bond donors (Lipinski definition) is 1. The molecular formula is C16H34CaO3S. The summed E-state index contributed by atoms with van der Waals surface area (Å²) < 4.78 is 29.3. The summed E-state index contributed by atoms with van der Waals surface area (Å²) in [4.78, 5) is 0. The molecule has 0 amide bonds. The van der Waals surface area contributed by atoms with Crippen LogP contribution in [0.25, 0.3) is 0 Å². The molecule has 0 rings (SSSR count). The maximum Gasteiger partial charge on any atom is 2.00 e. The molecule has 0 aliphatic carbocycles. The number of allylic oxidation sites excluding steroid dienone is 1. The molecule has 0 bridgehead atoms. The third-order valence-electron chi connectivity index (χ3n) is 3.49. The van der Waals surface area contributed by atoms with E-state index in [-0.39, 0.29) is 40.6 Å². The van der Waals surface area contributed by atoms with Crippen LogP contribution in [-0.2, 0) is 10.1 Å². The van der Waals surface area contributed by atoms with Crippen LogP contribution < -0.4 is 0 Å². The van der Waals surface area contributed by atoms with Crippen molar-refractivity contribution in [2.75, 3.05) is 0 Å². The molecule has 3 nitrogen and oxygen atoms in total. The first kappa shape index (κ1) is 24.2. The fourth-order valence-electron chi connectivity index (χ4n) is 2.29. The summed E-state index contributed by atoms with van der Waals surface area (Å²) in [5.41, 5.74) is 0. The Balaban J connectivity index is -0.000000602. The Hall–Kier alpha value is 0.910. The van der Waals surface area contributed by atoms with Crippen LogP contribution in [0, 0.1) is 0 Å². The summed E-state index contributed by atoms with van der Waals surface area (Å²) in [5.74, 6) is 0. The van der Waals surface area contributed by atoms with E-state index in [1.165, 1.54) is 70.3 Å². The summed E-state index contributed by atoms with van der Waals surface area (Å²) in [6.07, 6.45) is 17.9. The van der Waals surface area contributed by atoms with E-state index in [0.717, 1.165) is 24.7 Å². The number of rotatable bonds is 14. The summed E-state index contributed by atoms with van der Waals surface area (Å²) in [6.45, 7) is 2.25. The van der Waals surface area contributed by atoms with Gasteiger partial charge in [0.1, 0.15) is 0 Å². The van der Waals surface area contributed by atoms with Crippen molar-refractivity contribution in [3.8, 4) is 0 Å². The monoisotopic (exact) mass is 346 g/mol. The van der Waals surface area contributed by atoms with Gasteiger partial charge in [-0.05, 0) is 12.8 Å². The molecule has 0 unspecified atom stereocenters. The number of unbranched alkanes of at least 4 members (excludes halogenated alkanes) is 12. The van der Waals surface area contributed by atoms with E-state index in [9.17, 15) is 8.42 Å². The third-order valence-corrected chi connectivity index (χ3v) is 4.03. The van der Waals surface area contributed by atoms with Crippen LogP contribution in [-0.4, -0.2) is 50.7 Å². The Labute approximate surface area is 164 Å². The van der Waals surface area contributed by atoms with Crippen molar-refractivity contribution in [3.05, 3.63) is 11.5 Å². The van der Waals surface area contributed by atoms with Gasteiger partial charge in [0.15, 0.2) is 0 Å². The third kappa shape index (κ3) is 23.3. The van der Waals surface area contributed by atoms with E-state index >= 15 is 0 Å².